The highest BCUT2D eigenvalue weighted by Crippen LogP contribution is 2.01. The van der Waals surface area contributed by atoms with E-state index in [1.165, 1.54) is 20.9 Å². The number of carbonyl (C=O) groups is 1. The third-order valence-corrected chi connectivity index (χ3v) is 1.12. The van der Waals surface area contributed by atoms with E-state index >= 15 is 0 Å². The van der Waals surface area contributed by atoms with Crippen LogP contribution in [0.3, 0.4) is 0 Å². The summed E-state index contributed by atoms with van der Waals surface area (Å²) in [7, 11) is 1.54. The summed E-state index contributed by atoms with van der Waals surface area (Å²) in [5, 5.41) is 2.52. The first kappa shape index (κ1) is 7.56. The fourth-order valence-electron chi connectivity index (χ4n) is 0.0983. The van der Waals surface area contributed by atoms with Crippen LogP contribution in [0.2, 0.25) is 0 Å². The predicted molar refractivity (Wildman–Crippen MR) is 29.3 cm³/mol. The zero-order valence-electron chi connectivity index (χ0n) is 5.29. The summed E-state index contributed by atoms with van der Waals surface area (Å²) in [6.45, 7) is 2.96. The molecule has 0 rings (SSSR count). The molecule has 0 aliphatic heterocycles. The maximum absolute atomic E-state index is 11.8. The molecule has 0 aromatic heterocycles. The Labute approximate surface area is 48.1 Å². The lowest BCUT2D eigenvalue weighted by atomic mass is 10.1. The lowest BCUT2D eigenvalue weighted by molar-refractivity contribution is -0.134. The number of likely N-dealkylation sites (N-methyl/N-ethyl adjacent to an activating group) is 1. The minimum Gasteiger partial charge on any atom is -0.306 e. The molecule has 0 atom stereocenters. The fraction of sp³-hybridized carbons (Fsp3) is 0.800. The van der Waals surface area contributed by atoms with Crippen LogP contribution < -0.4 is 5.32 Å². The predicted octanol–water partition coefficient (Wildman–Crippen LogP) is 0.480. The van der Waals surface area contributed by atoms with Crippen LogP contribution in [0.25, 0.3) is 0 Å². The van der Waals surface area contributed by atoms with Crippen LogP contribution in [-0.2, 0) is 4.79 Å². The van der Waals surface area contributed by atoms with E-state index in [1.807, 2.05) is 0 Å². The molecule has 0 fully saturated rings. The van der Waals surface area contributed by atoms with E-state index in [2.05, 4.69) is 5.32 Å². The molecule has 0 saturated carbocycles. The highest BCUT2D eigenvalue weighted by atomic mass is 19.1. The van der Waals surface area contributed by atoms with Crippen molar-refractivity contribution >= 4 is 6.04 Å². The summed E-state index contributed by atoms with van der Waals surface area (Å²) in [5.74, 6) is 0. The summed E-state index contributed by atoms with van der Waals surface area (Å²) in [6.07, 6.45) is 0. The minimum absolute atomic E-state index is 1.01. The van der Waals surface area contributed by atoms with Gasteiger partial charge in [-0.05, 0) is 20.9 Å². The van der Waals surface area contributed by atoms with Gasteiger partial charge in [-0.3, -0.25) is 4.79 Å². The Bertz CT molecular complexity index is 101. The number of hydrogen-bond acceptors (Lipinski definition) is 2. The highest BCUT2D eigenvalue weighted by molar-refractivity contribution is 5.78. The lowest BCUT2D eigenvalue weighted by Gasteiger charge is -2.15. The summed E-state index contributed by atoms with van der Waals surface area (Å²) in [6, 6.07) is -1.33. The Balaban J connectivity index is 3.91. The largest absolute Gasteiger partial charge is 0.320 e. The second kappa shape index (κ2) is 2.22. The summed E-state index contributed by atoms with van der Waals surface area (Å²) in [4.78, 5) is 9.97. The van der Waals surface area contributed by atoms with Crippen molar-refractivity contribution < 1.29 is 9.18 Å². The number of hydrogen-bond donors (Lipinski definition) is 1. The average molecular weight is 119 g/mol. The van der Waals surface area contributed by atoms with Gasteiger partial charge in [0.25, 0.3) is 0 Å². The van der Waals surface area contributed by atoms with Crippen LogP contribution in [0, 0.1) is 0 Å². The Kier molecular flexibility index (Phi) is 2.10. The molecule has 8 heavy (non-hydrogen) atoms. The third-order valence-electron chi connectivity index (χ3n) is 1.12. The number of nitrogens with one attached hydrogen (secondary N) is 1. The van der Waals surface area contributed by atoms with Gasteiger partial charge in [-0.1, -0.05) is 0 Å². The van der Waals surface area contributed by atoms with E-state index in [0.717, 1.165) is 0 Å². The maximum Gasteiger partial charge on any atom is 0.320 e. The molecular formula is C5H10FNO. The van der Waals surface area contributed by atoms with Crippen LogP contribution in [0.15, 0.2) is 0 Å². The van der Waals surface area contributed by atoms with Crippen molar-refractivity contribution in [3.05, 3.63) is 0 Å². The van der Waals surface area contributed by atoms with Gasteiger partial charge in [-0.15, -0.1) is 0 Å². The molecule has 0 radical (unpaired) electrons. The molecular weight excluding hydrogens is 109 g/mol. The van der Waals surface area contributed by atoms with Crippen molar-refractivity contribution in [1.82, 2.24) is 5.32 Å². The molecule has 0 saturated heterocycles. The normalized spacial score (nSPS) is 11.5. The molecule has 1 N–H and O–H groups in total. The second-order valence-electron chi connectivity index (χ2n) is 2.15. The molecule has 0 aliphatic rings. The molecule has 0 aliphatic carbocycles. The van der Waals surface area contributed by atoms with Crippen molar-refractivity contribution in [2.75, 3.05) is 7.05 Å². The van der Waals surface area contributed by atoms with Crippen LogP contribution in [0.5, 0.6) is 0 Å². The SMILES string of the molecule is CNC(C)(C)C(=O)F. The van der Waals surface area contributed by atoms with Gasteiger partial charge in [-0.2, -0.15) is 4.39 Å². The monoisotopic (exact) mass is 119 g/mol. The van der Waals surface area contributed by atoms with E-state index in [4.69, 9.17) is 0 Å². The minimum atomic E-state index is -1.33. The number of rotatable bonds is 2. The van der Waals surface area contributed by atoms with Gasteiger partial charge >= 0.3 is 6.04 Å². The van der Waals surface area contributed by atoms with E-state index in [0.29, 0.717) is 0 Å². The Morgan fingerprint density at radius 2 is 2.00 bits per heavy atom. The van der Waals surface area contributed by atoms with Crippen LogP contribution in [0.4, 0.5) is 4.39 Å². The zero-order valence-corrected chi connectivity index (χ0v) is 5.29. The first-order valence-electron chi connectivity index (χ1n) is 2.39. The van der Waals surface area contributed by atoms with Gasteiger partial charge in [0.2, 0.25) is 0 Å². The highest BCUT2D eigenvalue weighted by Gasteiger charge is 2.24. The topological polar surface area (TPSA) is 29.1 Å². The van der Waals surface area contributed by atoms with Crippen molar-refractivity contribution in [2.24, 2.45) is 0 Å². The quantitative estimate of drug-likeness (QED) is 0.536. The van der Waals surface area contributed by atoms with Crippen LogP contribution in [0.1, 0.15) is 13.8 Å². The second-order valence-corrected chi connectivity index (χ2v) is 2.15. The Hall–Kier alpha value is -0.440. The molecule has 0 heterocycles. The van der Waals surface area contributed by atoms with Crippen LogP contribution in [-0.4, -0.2) is 18.6 Å². The van der Waals surface area contributed by atoms with Gasteiger partial charge in [0, 0.05) is 0 Å². The first-order chi connectivity index (χ1) is 3.50. The van der Waals surface area contributed by atoms with Crippen molar-refractivity contribution in [2.45, 2.75) is 19.4 Å². The van der Waals surface area contributed by atoms with E-state index in [1.54, 1.807) is 0 Å². The lowest BCUT2D eigenvalue weighted by Crippen LogP contribution is -2.42. The van der Waals surface area contributed by atoms with Gasteiger partial charge in [-0.25, -0.2) is 0 Å². The molecule has 2 nitrogen and oxygen atoms in total. The standard InChI is InChI=1S/C5H10FNO/c1-5(2,7-3)4(6)8/h7H,1-3H3. The molecule has 48 valence electrons. The number of halogens is 1. The van der Waals surface area contributed by atoms with Crippen molar-refractivity contribution in [3.8, 4) is 0 Å². The molecule has 0 aromatic carbocycles. The van der Waals surface area contributed by atoms with Gasteiger partial charge in [0.1, 0.15) is 5.54 Å². The van der Waals surface area contributed by atoms with Gasteiger partial charge in [0.05, 0.1) is 0 Å². The number of carbonyl (C=O) groups excluding carboxylic acids is 1. The maximum atomic E-state index is 11.8. The molecule has 0 aromatic rings. The molecule has 0 spiro atoms. The van der Waals surface area contributed by atoms with E-state index in [-0.39, 0.29) is 0 Å². The molecule has 3 heteroatoms. The first-order valence-corrected chi connectivity index (χ1v) is 2.39. The zero-order chi connectivity index (χ0) is 6.78. The molecule has 0 amide bonds. The summed E-state index contributed by atoms with van der Waals surface area (Å²) >= 11 is 0. The van der Waals surface area contributed by atoms with Crippen molar-refractivity contribution in [1.29, 1.82) is 0 Å². The van der Waals surface area contributed by atoms with E-state index < -0.39 is 11.6 Å². The van der Waals surface area contributed by atoms with Crippen molar-refractivity contribution in [3.63, 3.8) is 0 Å². The average Bonchev–Trinajstić information content (AvgIpc) is 1.67. The summed E-state index contributed by atoms with van der Waals surface area (Å²) in [5.41, 5.74) is -1.01. The molecule has 0 bridgehead atoms. The smallest absolute Gasteiger partial charge is 0.306 e. The van der Waals surface area contributed by atoms with Gasteiger partial charge in [0.15, 0.2) is 0 Å². The van der Waals surface area contributed by atoms with Gasteiger partial charge < -0.3 is 5.32 Å². The van der Waals surface area contributed by atoms with Crippen LogP contribution >= 0.6 is 0 Å². The third kappa shape index (κ3) is 1.58. The summed E-state index contributed by atoms with van der Waals surface area (Å²) < 4.78 is 11.8. The Morgan fingerprint density at radius 3 is 2.00 bits per heavy atom. The fourth-order valence-corrected chi connectivity index (χ4v) is 0.0983. The van der Waals surface area contributed by atoms with E-state index in [9.17, 15) is 9.18 Å². The Morgan fingerprint density at radius 1 is 1.62 bits per heavy atom. The molecule has 0 unspecified atom stereocenters.